The van der Waals surface area contributed by atoms with Gasteiger partial charge in [0.1, 0.15) is 23.0 Å². The van der Waals surface area contributed by atoms with Crippen molar-refractivity contribution in [2.24, 2.45) is 0 Å². The quantitative estimate of drug-likeness (QED) is 0.515. The van der Waals surface area contributed by atoms with Gasteiger partial charge in [-0.15, -0.1) is 11.3 Å². The first-order valence-electron chi connectivity index (χ1n) is 9.89. The Hall–Kier alpha value is -3.65. The lowest BCUT2D eigenvalue weighted by atomic mass is 10.1. The molecule has 8 heteroatoms. The summed E-state index contributed by atoms with van der Waals surface area (Å²) in [5.74, 6) is -0.0397. The number of hydrogen-bond donors (Lipinski definition) is 1. The minimum absolute atomic E-state index is 0.179. The standard InChI is InChI=1S/C24H21FN2O4S/c1-30-17-9-10-19(31-2)18(14-17)26-22-21(20-4-3-13-32-20)23(28)27(24(22)29)12-11-15-5-7-16(25)8-6-15/h3-10,13-14,26H,11-12H2,1-2H3. The maximum absolute atomic E-state index is 13.3. The van der Waals surface area contributed by atoms with Crippen LogP contribution >= 0.6 is 11.3 Å². The molecule has 2 heterocycles. The van der Waals surface area contributed by atoms with E-state index in [-0.39, 0.29) is 24.0 Å². The number of nitrogens with zero attached hydrogens (tertiary/aromatic N) is 1. The molecule has 32 heavy (non-hydrogen) atoms. The van der Waals surface area contributed by atoms with Crippen LogP contribution in [-0.4, -0.2) is 37.5 Å². The number of thiophene rings is 1. The van der Waals surface area contributed by atoms with Crippen LogP contribution in [0.15, 0.2) is 65.7 Å². The number of hydrogen-bond acceptors (Lipinski definition) is 6. The molecule has 2 amide bonds. The highest BCUT2D eigenvalue weighted by Crippen LogP contribution is 2.36. The molecule has 1 N–H and O–H groups in total. The summed E-state index contributed by atoms with van der Waals surface area (Å²) in [5, 5.41) is 4.96. The van der Waals surface area contributed by atoms with Crippen LogP contribution in [0.3, 0.4) is 0 Å². The van der Waals surface area contributed by atoms with E-state index >= 15 is 0 Å². The molecule has 6 nitrogen and oxygen atoms in total. The maximum Gasteiger partial charge on any atom is 0.278 e. The summed E-state index contributed by atoms with van der Waals surface area (Å²) in [5.41, 5.74) is 1.84. The minimum atomic E-state index is -0.426. The monoisotopic (exact) mass is 452 g/mol. The highest BCUT2D eigenvalue weighted by atomic mass is 32.1. The summed E-state index contributed by atoms with van der Waals surface area (Å²) >= 11 is 1.38. The molecule has 1 aliphatic heterocycles. The summed E-state index contributed by atoms with van der Waals surface area (Å²) in [4.78, 5) is 28.5. The first kappa shape index (κ1) is 21.6. The van der Waals surface area contributed by atoms with Crippen molar-refractivity contribution in [1.29, 1.82) is 0 Å². The Balaban J connectivity index is 1.66. The molecular formula is C24H21FN2O4S. The minimum Gasteiger partial charge on any atom is -0.497 e. The fourth-order valence-electron chi connectivity index (χ4n) is 3.48. The normalized spacial score (nSPS) is 13.7. The lowest BCUT2D eigenvalue weighted by Crippen LogP contribution is -2.34. The second-order valence-electron chi connectivity index (χ2n) is 7.06. The number of carbonyl (C=O) groups excluding carboxylic acids is 2. The summed E-state index contributed by atoms with van der Waals surface area (Å²) in [6, 6.07) is 14.8. The molecule has 0 fully saturated rings. The molecule has 1 aromatic heterocycles. The van der Waals surface area contributed by atoms with Crippen LogP contribution in [0.4, 0.5) is 10.1 Å². The number of amides is 2. The number of rotatable bonds is 8. The van der Waals surface area contributed by atoms with Crippen molar-refractivity contribution in [3.63, 3.8) is 0 Å². The smallest absolute Gasteiger partial charge is 0.278 e. The molecule has 0 radical (unpaired) electrons. The van der Waals surface area contributed by atoms with E-state index in [0.717, 1.165) is 5.56 Å². The molecule has 1 aliphatic rings. The molecule has 2 aromatic carbocycles. The average Bonchev–Trinajstić information content (AvgIpc) is 3.40. The van der Waals surface area contributed by atoms with Gasteiger partial charge in [-0.2, -0.15) is 0 Å². The number of benzene rings is 2. The number of carbonyl (C=O) groups is 2. The Morgan fingerprint density at radius 2 is 1.78 bits per heavy atom. The maximum atomic E-state index is 13.3. The van der Waals surface area contributed by atoms with E-state index in [2.05, 4.69) is 5.32 Å². The van der Waals surface area contributed by atoms with E-state index < -0.39 is 5.91 Å². The third kappa shape index (κ3) is 4.22. The molecule has 0 saturated heterocycles. The van der Waals surface area contributed by atoms with Crippen molar-refractivity contribution in [2.45, 2.75) is 6.42 Å². The molecule has 4 rings (SSSR count). The van der Waals surface area contributed by atoms with E-state index in [9.17, 15) is 14.0 Å². The number of imide groups is 1. The van der Waals surface area contributed by atoms with Crippen LogP contribution in [0.2, 0.25) is 0 Å². The van der Waals surface area contributed by atoms with Gasteiger partial charge in [0, 0.05) is 17.5 Å². The zero-order valence-electron chi connectivity index (χ0n) is 17.6. The highest BCUT2D eigenvalue weighted by molar-refractivity contribution is 7.11. The Morgan fingerprint density at radius 3 is 2.44 bits per heavy atom. The van der Waals surface area contributed by atoms with Crippen LogP contribution in [0, 0.1) is 5.82 Å². The first-order chi connectivity index (χ1) is 15.5. The molecule has 0 saturated carbocycles. The molecule has 3 aromatic rings. The van der Waals surface area contributed by atoms with Gasteiger partial charge in [-0.05, 0) is 47.7 Å². The van der Waals surface area contributed by atoms with Gasteiger partial charge >= 0.3 is 0 Å². The number of anilines is 1. The van der Waals surface area contributed by atoms with E-state index in [4.69, 9.17) is 9.47 Å². The van der Waals surface area contributed by atoms with Gasteiger partial charge in [-0.25, -0.2) is 4.39 Å². The molecular weight excluding hydrogens is 431 g/mol. The van der Waals surface area contributed by atoms with Crippen molar-refractivity contribution in [3.8, 4) is 11.5 Å². The summed E-state index contributed by atoms with van der Waals surface area (Å²) in [6.45, 7) is 0.179. The van der Waals surface area contributed by atoms with Gasteiger partial charge in [0.05, 0.1) is 25.5 Å². The van der Waals surface area contributed by atoms with Gasteiger partial charge in [0.15, 0.2) is 0 Å². The predicted molar refractivity (Wildman–Crippen MR) is 121 cm³/mol. The number of nitrogens with one attached hydrogen (secondary N) is 1. The summed E-state index contributed by atoms with van der Waals surface area (Å²) in [7, 11) is 3.07. The van der Waals surface area contributed by atoms with E-state index in [0.29, 0.717) is 34.1 Å². The van der Waals surface area contributed by atoms with E-state index in [1.54, 1.807) is 43.5 Å². The van der Waals surface area contributed by atoms with E-state index in [1.165, 1.54) is 35.5 Å². The largest absolute Gasteiger partial charge is 0.497 e. The SMILES string of the molecule is COc1ccc(OC)c(NC2=C(c3cccs3)C(=O)N(CCc3ccc(F)cc3)C2=O)c1. The zero-order chi connectivity index (χ0) is 22.7. The second kappa shape index (κ2) is 9.23. The molecule has 0 atom stereocenters. The van der Waals surface area contributed by atoms with Crippen LogP contribution in [0.25, 0.3) is 5.57 Å². The van der Waals surface area contributed by atoms with Crippen molar-refractivity contribution < 1.29 is 23.5 Å². The Labute approximate surface area is 188 Å². The average molecular weight is 453 g/mol. The fourth-order valence-corrected chi connectivity index (χ4v) is 4.25. The van der Waals surface area contributed by atoms with Crippen molar-refractivity contribution in [2.75, 3.05) is 26.1 Å². The lowest BCUT2D eigenvalue weighted by molar-refractivity contribution is -0.136. The van der Waals surface area contributed by atoms with Crippen LogP contribution in [0.5, 0.6) is 11.5 Å². The van der Waals surface area contributed by atoms with Crippen LogP contribution in [-0.2, 0) is 16.0 Å². The van der Waals surface area contributed by atoms with Crippen LogP contribution < -0.4 is 14.8 Å². The van der Waals surface area contributed by atoms with Crippen molar-refractivity contribution in [1.82, 2.24) is 4.90 Å². The zero-order valence-corrected chi connectivity index (χ0v) is 18.4. The third-order valence-corrected chi connectivity index (χ3v) is 6.03. The number of ether oxygens (including phenoxy) is 2. The molecule has 0 aliphatic carbocycles. The number of methoxy groups -OCH3 is 2. The summed E-state index contributed by atoms with van der Waals surface area (Å²) < 4.78 is 23.9. The molecule has 0 unspecified atom stereocenters. The molecule has 0 bridgehead atoms. The molecule has 0 spiro atoms. The second-order valence-corrected chi connectivity index (χ2v) is 8.00. The Morgan fingerprint density at radius 1 is 1.00 bits per heavy atom. The van der Waals surface area contributed by atoms with Crippen molar-refractivity contribution in [3.05, 3.63) is 81.9 Å². The third-order valence-electron chi connectivity index (χ3n) is 5.14. The van der Waals surface area contributed by atoms with Gasteiger partial charge in [0.2, 0.25) is 0 Å². The number of halogens is 1. The van der Waals surface area contributed by atoms with Crippen LogP contribution in [0.1, 0.15) is 10.4 Å². The van der Waals surface area contributed by atoms with E-state index in [1.807, 2.05) is 11.4 Å². The first-order valence-corrected chi connectivity index (χ1v) is 10.8. The lowest BCUT2D eigenvalue weighted by Gasteiger charge is -2.16. The topological polar surface area (TPSA) is 67.9 Å². The Bertz CT molecular complexity index is 1170. The van der Waals surface area contributed by atoms with Gasteiger partial charge in [0.25, 0.3) is 11.8 Å². The summed E-state index contributed by atoms with van der Waals surface area (Å²) in [6.07, 6.45) is 0.422. The van der Waals surface area contributed by atoms with Gasteiger partial charge < -0.3 is 14.8 Å². The predicted octanol–water partition coefficient (Wildman–Crippen LogP) is 4.34. The van der Waals surface area contributed by atoms with Gasteiger partial charge in [-0.3, -0.25) is 14.5 Å². The highest BCUT2D eigenvalue weighted by Gasteiger charge is 2.39. The van der Waals surface area contributed by atoms with Crippen molar-refractivity contribution >= 4 is 34.4 Å². The fraction of sp³-hybridized carbons (Fsp3) is 0.167. The van der Waals surface area contributed by atoms with Gasteiger partial charge in [-0.1, -0.05) is 18.2 Å². The Kier molecular flexibility index (Phi) is 6.23. The molecule has 164 valence electrons.